The van der Waals surface area contributed by atoms with Crippen LogP contribution in [0.3, 0.4) is 0 Å². The number of aliphatic hydroxyl groups is 1. The van der Waals surface area contributed by atoms with Crippen LogP contribution in [-0.4, -0.2) is 46.4 Å². The molecular formula is C25H36O7. The summed E-state index contributed by atoms with van der Waals surface area (Å²) in [6.07, 6.45) is 6.54. The lowest BCUT2D eigenvalue weighted by Crippen LogP contribution is -2.05. The summed E-state index contributed by atoms with van der Waals surface area (Å²) in [7, 11) is 0. The third-order valence-corrected chi connectivity index (χ3v) is 3.21. The second-order valence-corrected chi connectivity index (χ2v) is 6.13. The first kappa shape index (κ1) is 33.2. The van der Waals surface area contributed by atoms with Gasteiger partial charge in [-0.1, -0.05) is 75.6 Å². The Morgan fingerprint density at radius 2 is 1.59 bits per heavy atom. The van der Waals surface area contributed by atoms with E-state index in [0.29, 0.717) is 18.6 Å². The number of ether oxygens (including phenoxy) is 1. The zero-order valence-electron chi connectivity index (χ0n) is 19.3. The fourth-order valence-electron chi connectivity index (χ4n) is 1.39. The molecule has 0 aliphatic carbocycles. The number of carboxylic acid groups (broad SMARTS) is 2. The number of carbonyl (C=O) groups excluding carboxylic acids is 1. The van der Waals surface area contributed by atoms with Gasteiger partial charge in [0.1, 0.15) is 0 Å². The van der Waals surface area contributed by atoms with E-state index in [4.69, 9.17) is 20.1 Å². The molecule has 7 heteroatoms. The van der Waals surface area contributed by atoms with Crippen molar-refractivity contribution in [3.63, 3.8) is 0 Å². The van der Waals surface area contributed by atoms with Crippen molar-refractivity contribution < 1.29 is 34.4 Å². The van der Waals surface area contributed by atoms with Gasteiger partial charge in [0.05, 0.1) is 6.61 Å². The Labute approximate surface area is 191 Å². The van der Waals surface area contributed by atoms with Crippen molar-refractivity contribution in [3.8, 4) is 0 Å². The topological polar surface area (TPSA) is 121 Å². The zero-order chi connectivity index (χ0) is 25.4. The van der Waals surface area contributed by atoms with Crippen LogP contribution in [0.25, 0.3) is 6.08 Å². The van der Waals surface area contributed by atoms with E-state index in [2.05, 4.69) is 26.7 Å². The van der Waals surface area contributed by atoms with E-state index >= 15 is 0 Å². The molecule has 3 N–H and O–H groups in total. The minimum absolute atomic E-state index is 0.00458. The molecule has 0 aromatic heterocycles. The van der Waals surface area contributed by atoms with Gasteiger partial charge in [0.25, 0.3) is 0 Å². The molecule has 0 fully saturated rings. The van der Waals surface area contributed by atoms with Crippen molar-refractivity contribution in [2.45, 2.75) is 40.0 Å². The predicted octanol–water partition coefficient (Wildman–Crippen LogP) is 4.89. The van der Waals surface area contributed by atoms with Crippen molar-refractivity contribution >= 4 is 24.0 Å². The van der Waals surface area contributed by atoms with Gasteiger partial charge in [-0.3, -0.25) is 0 Å². The predicted molar refractivity (Wildman–Crippen MR) is 128 cm³/mol. The van der Waals surface area contributed by atoms with Crippen LogP contribution < -0.4 is 0 Å². The molecule has 0 saturated carbocycles. The van der Waals surface area contributed by atoms with Gasteiger partial charge in [-0.2, -0.15) is 0 Å². The Hall–Kier alpha value is -3.45. The minimum atomic E-state index is -0.981. The molecule has 0 aliphatic rings. The Bertz CT molecular complexity index is 719. The largest absolute Gasteiger partial charge is 0.478 e. The lowest BCUT2D eigenvalue weighted by atomic mass is 10.2. The van der Waals surface area contributed by atoms with E-state index in [-0.39, 0.29) is 18.1 Å². The van der Waals surface area contributed by atoms with Crippen molar-refractivity contribution in [2.24, 2.45) is 0 Å². The van der Waals surface area contributed by atoms with Gasteiger partial charge in [-0.25, -0.2) is 14.4 Å². The highest BCUT2D eigenvalue weighted by atomic mass is 16.5. The average molecular weight is 449 g/mol. The molecule has 0 bridgehead atoms. The van der Waals surface area contributed by atoms with E-state index in [1.165, 1.54) is 18.6 Å². The fourth-order valence-corrected chi connectivity index (χ4v) is 1.39. The molecule has 0 saturated heterocycles. The summed E-state index contributed by atoms with van der Waals surface area (Å²) in [5.74, 6) is -2.19. The van der Waals surface area contributed by atoms with E-state index in [1.54, 1.807) is 6.92 Å². The molecule has 7 nitrogen and oxygen atoms in total. The number of carbonyl (C=O) groups is 3. The number of rotatable bonds is 9. The van der Waals surface area contributed by atoms with Crippen LogP contribution in [0.5, 0.6) is 0 Å². The van der Waals surface area contributed by atoms with Gasteiger partial charge in [-0.15, -0.1) is 0 Å². The van der Waals surface area contributed by atoms with Gasteiger partial charge < -0.3 is 20.1 Å². The normalized spacial score (nSPS) is 9.19. The van der Waals surface area contributed by atoms with Crippen LogP contribution in [0.15, 0.2) is 73.4 Å². The number of aliphatic carboxylic acids is 2. The lowest BCUT2D eigenvalue weighted by molar-refractivity contribution is -0.139. The maximum atomic E-state index is 10.7. The maximum absolute atomic E-state index is 10.7. The monoisotopic (exact) mass is 448 g/mol. The zero-order valence-corrected chi connectivity index (χ0v) is 19.3. The quantitative estimate of drug-likeness (QED) is 0.279. The lowest BCUT2D eigenvalue weighted by Gasteiger charge is -2.01. The Morgan fingerprint density at radius 3 is 1.91 bits per heavy atom. The molecule has 1 aromatic rings. The molecule has 0 aliphatic heterocycles. The Kier molecular flexibility index (Phi) is 24.7. The molecular weight excluding hydrogens is 412 g/mol. The van der Waals surface area contributed by atoms with Crippen molar-refractivity contribution in [1.82, 2.24) is 0 Å². The Morgan fingerprint density at radius 1 is 1.06 bits per heavy atom. The number of unbranched alkanes of at least 4 members (excludes halogenated alkanes) is 1. The third-order valence-electron chi connectivity index (χ3n) is 3.21. The number of esters is 1. The van der Waals surface area contributed by atoms with Crippen LogP contribution in [0.2, 0.25) is 0 Å². The summed E-state index contributed by atoms with van der Waals surface area (Å²) < 4.78 is 4.81. The number of benzene rings is 1. The highest BCUT2D eigenvalue weighted by Crippen LogP contribution is 1.97. The SMILES string of the molecule is C=C(C)C(=O)OCCCC.C=CC(=O)O.C=Cc1ccccc1.CC(=CCCO)C(=O)O. The van der Waals surface area contributed by atoms with Gasteiger partial charge in [0.2, 0.25) is 0 Å². The molecule has 178 valence electrons. The summed E-state index contributed by atoms with van der Waals surface area (Å²) in [5, 5.41) is 24.1. The van der Waals surface area contributed by atoms with Gasteiger partial charge in [0.15, 0.2) is 0 Å². The maximum Gasteiger partial charge on any atom is 0.333 e. The van der Waals surface area contributed by atoms with Gasteiger partial charge in [0, 0.05) is 23.8 Å². The van der Waals surface area contributed by atoms with Crippen LogP contribution in [0.4, 0.5) is 0 Å². The molecule has 0 atom stereocenters. The van der Waals surface area contributed by atoms with Crippen LogP contribution in [-0.2, 0) is 19.1 Å². The summed E-state index contributed by atoms with van der Waals surface area (Å²) in [5.41, 5.74) is 1.92. The smallest absolute Gasteiger partial charge is 0.333 e. The van der Waals surface area contributed by atoms with Crippen LogP contribution in [0.1, 0.15) is 45.6 Å². The summed E-state index contributed by atoms with van der Waals surface area (Å²) in [6.45, 7) is 15.8. The number of carboxylic acids is 2. The molecule has 1 aromatic carbocycles. The van der Waals surface area contributed by atoms with Crippen molar-refractivity contribution in [2.75, 3.05) is 13.2 Å². The fraction of sp³-hybridized carbons (Fsp3) is 0.320. The second kappa shape index (κ2) is 23.8. The highest BCUT2D eigenvalue weighted by Gasteiger charge is 2.00. The highest BCUT2D eigenvalue weighted by molar-refractivity contribution is 5.87. The molecule has 0 spiro atoms. The standard InChI is InChI=1S/C8H14O2.C8H8.C6H10O3.C3H4O2/c1-4-5-6-10-8(9)7(2)3;1-2-8-6-4-3-5-7-8;1-5(6(8)9)3-2-4-7;1-2-3(4)5/h2,4-6H2,1,3H3;2-7H,1H2;3,7H,2,4H2,1H3,(H,8,9);2H,1H2,(H,4,5). The van der Waals surface area contributed by atoms with Gasteiger partial charge >= 0.3 is 17.9 Å². The van der Waals surface area contributed by atoms with E-state index in [1.807, 2.05) is 36.4 Å². The van der Waals surface area contributed by atoms with E-state index in [9.17, 15) is 14.4 Å². The molecule has 0 unspecified atom stereocenters. The van der Waals surface area contributed by atoms with Crippen LogP contribution >= 0.6 is 0 Å². The number of hydrogen-bond acceptors (Lipinski definition) is 5. The first-order chi connectivity index (χ1) is 15.1. The van der Waals surface area contributed by atoms with E-state index < -0.39 is 11.9 Å². The molecule has 0 amide bonds. The summed E-state index contributed by atoms with van der Waals surface area (Å²) >= 11 is 0. The number of hydrogen-bond donors (Lipinski definition) is 3. The summed E-state index contributed by atoms with van der Waals surface area (Å²) in [4.78, 5) is 30.0. The van der Waals surface area contributed by atoms with Crippen LogP contribution in [0, 0.1) is 0 Å². The molecule has 32 heavy (non-hydrogen) atoms. The van der Waals surface area contributed by atoms with Gasteiger partial charge in [-0.05, 0) is 32.3 Å². The molecule has 0 radical (unpaired) electrons. The third kappa shape index (κ3) is 26.6. The molecule has 1 rings (SSSR count). The average Bonchev–Trinajstić information content (AvgIpc) is 2.79. The molecule has 0 heterocycles. The number of aliphatic hydroxyl groups excluding tert-OH is 1. The minimum Gasteiger partial charge on any atom is -0.478 e. The summed E-state index contributed by atoms with van der Waals surface area (Å²) in [6, 6.07) is 10.0. The first-order valence-corrected chi connectivity index (χ1v) is 9.93. The first-order valence-electron chi connectivity index (χ1n) is 9.93. The van der Waals surface area contributed by atoms with E-state index in [0.717, 1.165) is 18.9 Å². The second-order valence-electron chi connectivity index (χ2n) is 6.13. The van der Waals surface area contributed by atoms with Crippen molar-refractivity contribution in [1.29, 1.82) is 0 Å². The Balaban J connectivity index is -0.000000359. The van der Waals surface area contributed by atoms with Crippen molar-refractivity contribution in [3.05, 3.63) is 78.9 Å².